The highest BCUT2D eigenvalue weighted by atomic mass is 35.5. The van der Waals surface area contributed by atoms with Crippen molar-refractivity contribution in [3.05, 3.63) is 28.2 Å². The lowest BCUT2D eigenvalue weighted by atomic mass is 10.3. The van der Waals surface area contributed by atoms with Crippen molar-refractivity contribution in [1.29, 1.82) is 0 Å². The highest BCUT2D eigenvalue weighted by Gasteiger charge is 2.01. The Morgan fingerprint density at radius 2 is 2.13 bits per heavy atom. The van der Waals surface area contributed by atoms with Gasteiger partial charge in [-0.15, -0.1) is 0 Å². The quantitative estimate of drug-likeness (QED) is 0.747. The Morgan fingerprint density at radius 3 is 2.73 bits per heavy atom. The molecule has 1 aromatic rings. The van der Waals surface area contributed by atoms with Gasteiger partial charge in [0.1, 0.15) is 5.75 Å². The van der Waals surface area contributed by atoms with E-state index in [0.717, 1.165) is 0 Å². The maximum absolute atomic E-state index is 10.1. The Hall–Kier alpha value is -0.930. The number of halogens is 2. The monoisotopic (exact) mass is 247 g/mol. The average Bonchev–Trinajstić information content (AvgIpc) is 2.14. The number of carbonyl (C=O) groups is 1. The Kier molecular flexibility index (Phi) is 4.72. The maximum Gasteiger partial charge on any atom is 0.137 e. The topological polar surface area (TPSA) is 49.4 Å². The molecule has 1 aromatic carbocycles. The molecule has 0 saturated carbocycles. The fourth-order valence-electron chi connectivity index (χ4n) is 0.991. The molecule has 0 fully saturated rings. The van der Waals surface area contributed by atoms with E-state index < -0.39 is 5.97 Å². The van der Waals surface area contributed by atoms with Crippen LogP contribution in [0.25, 0.3) is 0 Å². The van der Waals surface area contributed by atoms with Crippen LogP contribution < -0.4 is 9.84 Å². The normalized spacial score (nSPS) is 10.0. The summed E-state index contributed by atoms with van der Waals surface area (Å²) in [7, 11) is 0. The van der Waals surface area contributed by atoms with Crippen molar-refractivity contribution in [2.75, 3.05) is 6.61 Å². The zero-order valence-corrected chi connectivity index (χ0v) is 9.35. The number of ether oxygens (including phenoxy) is 1. The van der Waals surface area contributed by atoms with E-state index in [4.69, 9.17) is 27.9 Å². The van der Waals surface area contributed by atoms with Crippen LogP contribution in [0.2, 0.25) is 10.0 Å². The van der Waals surface area contributed by atoms with Crippen molar-refractivity contribution in [2.24, 2.45) is 0 Å². The number of rotatable bonds is 5. The summed E-state index contributed by atoms with van der Waals surface area (Å²) in [5.74, 6) is -0.583. The Labute approximate surface area is 97.6 Å². The molecule has 0 saturated heterocycles. The van der Waals surface area contributed by atoms with Gasteiger partial charge in [0, 0.05) is 11.0 Å². The molecule has 0 bridgehead atoms. The van der Waals surface area contributed by atoms with Crippen LogP contribution >= 0.6 is 23.2 Å². The summed E-state index contributed by atoms with van der Waals surface area (Å²) in [5, 5.41) is 11.1. The number of aliphatic carboxylic acids is 1. The average molecular weight is 248 g/mol. The van der Waals surface area contributed by atoms with E-state index in [9.17, 15) is 9.90 Å². The molecule has 0 radical (unpaired) electrons. The second kappa shape index (κ2) is 5.83. The highest BCUT2D eigenvalue weighted by Crippen LogP contribution is 2.27. The van der Waals surface area contributed by atoms with E-state index in [-0.39, 0.29) is 13.0 Å². The van der Waals surface area contributed by atoms with Gasteiger partial charge in [0.25, 0.3) is 0 Å². The molecule has 0 heterocycles. The SMILES string of the molecule is O=C([O-])CCCOc1ccc(Cl)cc1Cl. The van der Waals surface area contributed by atoms with Gasteiger partial charge in [-0.25, -0.2) is 0 Å². The van der Waals surface area contributed by atoms with Crippen LogP contribution in [0, 0.1) is 0 Å². The molecule has 0 aliphatic heterocycles. The van der Waals surface area contributed by atoms with E-state index >= 15 is 0 Å². The molecule has 1 rings (SSSR count). The summed E-state index contributed by atoms with van der Waals surface area (Å²) in [6.07, 6.45) is 0.368. The predicted octanol–water partition coefficient (Wildman–Crippen LogP) is 1.90. The van der Waals surface area contributed by atoms with Crippen LogP contribution in [0.1, 0.15) is 12.8 Å². The van der Waals surface area contributed by atoms with Gasteiger partial charge < -0.3 is 14.6 Å². The van der Waals surface area contributed by atoms with E-state index in [1.54, 1.807) is 18.2 Å². The van der Waals surface area contributed by atoms with Gasteiger partial charge in [0.15, 0.2) is 0 Å². The second-order valence-electron chi connectivity index (χ2n) is 2.90. The minimum atomic E-state index is -1.08. The molecular formula is C10H9Cl2O3-. The molecule has 0 aliphatic carbocycles. The lowest BCUT2D eigenvalue weighted by Crippen LogP contribution is -2.22. The Balaban J connectivity index is 2.40. The van der Waals surface area contributed by atoms with Crippen molar-refractivity contribution in [3.63, 3.8) is 0 Å². The van der Waals surface area contributed by atoms with E-state index in [0.29, 0.717) is 22.2 Å². The van der Waals surface area contributed by atoms with Crippen LogP contribution in [0.4, 0.5) is 0 Å². The van der Waals surface area contributed by atoms with Gasteiger partial charge in [-0.2, -0.15) is 0 Å². The molecule has 0 amide bonds. The van der Waals surface area contributed by atoms with Gasteiger partial charge in [0.2, 0.25) is 0 Å². The highest BCUT2D eigenvalue weighted by molar-refractivity contribution is 6.35. The second-order valence-corrected chi connectivity index (χ2v) is 3.74. The lowest BCUT2D eigenvalue weighted by molar-refractivity contribution is -0.305. The maximum atomic E-state index is 10.1. The molecular weight excluding hydrogens is 239 g/mol. The van der Waals surface area contributed by atoms with Crippen LogP contribution in [0.15, 0.2) is 18.2 Å². The third kappa shape index (κ3) is 4.40. The van der Waals surface area contributed by atoms with Crippen LogP contribution in [-0.2, 0) is 4.79 Å². The predicted molar refractivity (Wildman–Crippen MR) is 56.2 cm³/mol. The summed E-state index contributed by atoms with van der Waals surface area (Å²) >= 11 is 11.5. The van der Waals surface area contributed by atoms with E-state index in [2.05, 4.69) is 0 Å². The number of carboxylic acids is 1. The van der Waals surface area contributed by atoms with Gasteiger partial charge in [-0.05, 0) is 31.0 Å². The van der Waals surface area contributed by atoms with Gasteiger partial charge >= 0.3 is 0 Å². The number of carbonyl (C=O) groups excluding carboxylic acids is 1. The molecule has 5 heteroatoms. The number of hydrogen-bond donors (Lipinski definition) is 0. The molecule has 82 valence electrons. The van der Waals surface area contributed by atoms with Crippen LogP contribution in [-0.4, -0.2) is 12.6 Å². The third-order valence-corrected chi connectivity index (χ3v) is 2.21. The molecule has 15 heavy (non-hydrogen) atoms. The first-order chi connectivity index (χ1) is 7.09. The van der Waals surface area contributed by atoms with Crippen molar-refractivity contribution in [3.8, 4) is 5.75 Å². The standard InChI is InChI=1S/C10H10Cl2O3/c11-7-3-4-9(8(12)6-7)15-5-1-2-10(13)14/h3-4,6H,1-2,5H2,(H,13,14)/p-1. The fraction of sp³-hybridized carbons (Fsp3) is 0.300. The van der Waals surface area contributed by atoms with Crippen molar-refractivity contribution >= 4 is 29.2 Å². The first kappa shape index (κ1) is 12.1. The molecule has 0 unspecified atom stereocenters. The van der Waals surface area contributed by atoms with Gasteiger partial charge in [-0.1, -0.05) is 23.2 Å². The fourth-order valence-corrected chi connectivity index (χ4v) is 1.45. The van der Waals surface area contributed by atoms with E-state index in [1.165, 1.54) is 0 Å². The summed E-state index contributed by atoms with van der Waals surface area (Å²) in [5.41, 5.74) is 0. The molecule has 0 spiro atoms. The van der Waals surface area contributed by atoms with Gasteiger partial charge in [0.05, 0.1) is 11.6 Å². The largest absolute Gasteiger partial charge is 0.550 e. The van der Waals surface area contributed by atoms with Crippen molar-refractivity contribution in [1.82, 2.24) is 0 Å². The number of benzene rings is 1. The Morgan fingerprint density at radius 1 is 1.40 bits per heavy atom. The van der Waals surface area contributed by atoms with Crippen molar-refractivity contribution < 1.29 is 14.6 Å². The number of hydrogen-bond acceptors (Lipinski definition) is 3. The summed E-state index contributed by atoms with van der Waals surface area (Å²) in [6.45, 7) is 0.287. The lowest BCUT2D eigenvalue weighted by Gasteiger charge is -2.08. The molecule has 0 N–H and O–H groups in total. The van der Waals surface area contributed by atoms with Crippen molar-refractivity contribution in [2.45, 2.75) is 12.8 Å². The van der Waals surface area contributed by atoms with Crippen LogP contribution in [0.3, 0.4) is 0 Å². The smallest absolute Gasteiger partial charge is 0.137 e. The minimum Gasteiger partial charge on any atom is -0.550 e. The summed E-state index contributed by atoms with van der Waals surface area (Å²) in [6, 6.07) is 4.86. The third-order valence-electron chi connectivity index (χ3n) is 1.68. The molecule has 3 nitrogen and oxygen atoms in total. The molecule has 0 aliphatic rings. The Bertz CT molecular complexity index is 353. The van der Waals surface area contributed by atoms with Gasteiger partial charge in [-0.3, -0.25) is 0 Å². The molecule has 0 atom stereocenters. The summed E-state index contributed by atoms with van der Waals surface area (Å²) in [4.78, 5) is 10.1. The minimum absolute atomic E-state index is 0.0226. The first-order valence-corrected chi connectivity index (χ1v) is 5.13. The van der Waals surface area contributed by atoms with E-state index in [1.807, 2.05) is 0 Å². The zero-order chi connectivity index (χ0) is 11.3. The summed E-state index contributed by atoms with van der Waals surface area (Å²) < 4.78 is 5.26. The zero-order valence-electron chi connectivity index (χ0n) is 7.83. The molecule has 0 aromatic heterocycles. The number of carboxylic acid groups (broad SMARTS) is 1. The van der Waals surface area contributed by atoms with Crippen LogP contribution in [0.5, 0.6) is 5.75 Å². The first-order valence-electron chi connectivity index (χ1n) is 4.37.